The molecule has 1 atom stereocenters. The summed E-state index contributed by atoms with van der Waals surface area (Å²) in [4.78, 5) is 29.2. The summed E-state index contributed by atoms with van der Waals surface area (Å²) in [6.07, 6.45) is 2.53. The Bertz CT molecular complexity index is 704. The van der Waals surface area contributed by atoms with Gasteiger partial charge in [0.15, 0.2) is 0 Å². The molecule has 6 nitrogen and oxygen atoms in total. The van der Waals surface area contributed by atoms with Crippen molar-refractivity contribution in [3.05, 3.63) is 17.1 Å². The fraction of sp³-hybridized carbons (Fsp3) is 0.773. The Morgan fingerprint density at radius 1 is 1.11 bits per heavy atom. The van der Waals surface area contributed by atoms with Gasteiger partial charge in [-0.3, -0.25) is 4.79 Å². The first-order valence-corrected chi connectivity index (χ1v) is 10.7. The Morgan fingerprint density at radius 2 is 1.79 bits per heavy atom. The standard InChI is InChI=1S/C22H37N5O/c1-16(14-22(3,4)5)13-20(28)27-8-7-19-18(15-27)21(24-17(2)23-19)26-11-9-25(6)10-12-26/h16H,7-15H2,1-6H3. The molecule has 0 saturated carbocycles. The first kappa shape index (κ1) is 21.0. The van der Waals surface area contributed by atoms with Crippen molar-refractivity contribution in [3.63, 3.8) is 0 Å². The van der Waals surface area contributed by atoms with Crippen LogP contribution in [0.5, 0.6) is 0 Å². The normalized spacial score (nSPS) is 19.5. The maximum Gasteiger partial charge on any atom is 0.223 e. The zero-order valence-electron chi connectivity index (χ0n) is 18.6. The lowest BCUT2D eigenvalue weighted by Gasteiger charge is -2.37. The monoisotopic (exact) mass is 387 g/mol. The molecule has 0 spiro atoms. The lowest BCUT2D eigenvalue weighted by atomic mass is 9.84. The predicted molar refractivity (Wildman–Crippen MR) is 113 cm³/mol. The minimum absolute atomic E-state index is 0.258. The van der Waals surface area contributed by atoms with Gasteiger partial charge >= 0.3 is 0 Å². The maximum atomic E-state index is 13.0. The number of rotatable bonds is 4. The van der Waals surface area contributed by atoms with Crippen molar-refractivity contribution in [1.82, 2.24) is 19.8 Å². The van der Waals surface area contributed by atoms with Gasteiger partial charge < -0.3 is 14.7 Å². The molecule has 0 aliphatic carbocycles. The van der Waals surface area contributed by atoms with Crippen LogP contribution >= 0.6 is 0 Å². The van der Waals surface area contributed by atoms with Crippen LogP contribution in [0.15, 0.2) is 0 Å². The van der Waals surface area contributed by atoms with Gasteiger partial charge in [-0.15, -0.1) is 0 Å². The number of amides is 1. The number of piperazine rings is 1. The third kappa shape index (κ3) is 5.22. The van der Waals surface area contributed by atoms with Crippen LogP contribution in [-0.4, -0.2) is 65.4 Å². The lowest BCUT2D eigenvalue weighted by Crippen LogP contribution is -2.46. The zero-order chi connectivity index (χ0) is 20.5. The van der Waals surface area contributed by atoms with Gasteiger partial charge in [-0.2, -0.15) is 0 Å². The van der Waals surface area contributed by atoms with Crippen LogP contribution in [-0.2, 0) is 17.8 Å². The molecule has 2 aliphatic heterocycles. The molecule has 28 heavy (non-hydrogen) atoms. The van der Waals surface area contributed by atoms with Crippen LogP contribution in [0, 0.1) is 18.3 Å². The number of fused-ring (bicyclic) bond motifs is 1. The van der Waals surface area contributed by atoms with Crippen molar-refractivity contribution >= 4 is 11.7 Å². The van der Waals surface area contributed by atoms with E-state index in [0.29, 0.717) is 18.9 Å². The summed E-state index contributed by atoms with van der Waals surface area (Å²) in [6, 6.07) is 0. The molecule has 0 N–H and O–H groups in total. The van der Waals surface area contributed by atoms with Gasteiger partial charge in [0.25, 0.3) is 0 Å². The third-order valence-electron chi connectivity index (χ3n) is 5.79. The summed E-state index contributed by atoms with van der Waals surface area (Å²) in [7, 11) is 2.16. The summed E-state index contributed by atoms with van der Waals surface area (Å²) in [5, 5.41) is 0. The summed E-state index contributed by atoms with van der Waals surface area (Å²) in [5.74, 6) is 2.56. The van der Waals surface area contributed by atoms with E-state index < -0.39 is 0 Å². The first-order chi connectivity index (χ1) is 13.1. The van der Waals surface area contributed by atoms with E-state index in [4.69, 9.17) is 9.97 Å². The van der Waals surface area contributed by atoms with Gasteiger partial charge in [0.05, 0.1) is 12.2 Å². The van der Waals surface area contributed by atoms with Gasteiger partial charge in [0, 0.05) is 51.1 Å². The van der Waals surface area contributed by atoms with Crippen molar-refractivity contribution in [2.45, 2.75) is 60.4 Å². The molecule has 3 rings (SSSR count). The Hall–Kier alpha value is -1.69. The largest absolute Gasteiger partial charge is 0.354 e. The van der Waals surface area contributed by atoms with E-state index >= 15 is 0 Å². The predicted octanol–water partition coefficient (Wildman–Crippen LogP) is 2.88. The summed E-state index contributed by atoms with van der Waals surface area (Å²) in [5.41, 5.74) is 2.56. The molecule has 156 valence electrons. The topological polar surface area (TPSA) is 52.6 Å². The molecule has 0 aromatic carbocycles. The molecule has 6 heteroatoms. The number of hydrogen-bond acceptors (Lipinski definition) is 5. The van der Waals surface area contributed by atoms with Crippen LogP contribution in [0.4, 0.5) is 5.82 Å². The molecule has 1 fully saturated rings. The smallest absolute Gasteiger partial charge is 0.223 e. The number of nitrogens with zero attached hydrogens (tertiary/aromatic N) is 5. The highest BCUT2D eigenvalue weighted by molar-refractivity contribution is 5.77. The molecule has 3 heterocycles. The van der Waals surface area contributed by atoms with Crippen molar-refractivity contribution in [1.29, 1.82) is 0 Å². The van der Waals surface area contributed by atoms with E-state index in [1.807, 2.05) is 11.8 Å². The number of aryl methyl sites for hydroxylation is 1. The van der Waals surface area contributed by atoms with Gasteiger partial charge in [0.1, 0.15) is 11.6 Å². The van der Waals surface area contributed by atoms with E-state index in [1.54, 1.807) is 0 Å². The minimum Gasteiger partial charge on any atom is -0.354 e. The van der Waals surface area contributed by atoms with Gasteiger partial charge in [-0.25, -0.2) is 9.97 Å². The lowest BCUT2D eigenvalue weighted by molar-refractivity contribution is -0.133. The average Bonchev–Trinajstić information content (AvgIpc) is 2.59. The number of carbonyl (C=O) groups is 1. The third-order valence-corrected chi connectivity index (χ3v) is 5.79. The van der Waals surface area contributed by atoms with Crippen molar-refractivity contribution < 1.29 is 4.79 Å². The van der Waals surface area contributed by atoms with Crippen LogP contribution in [0.1, 0.15) is 57.6 Å². The second-order valence-corrected chi connectivity index (χ2v) is 9.95. The summed E-state index contributed by atoms with van der Waals surface area (Å²) >= 11 is 0. The average molecular weight is 388 g/mol. The molecule has 1 saturated heterocycles. The maximum absolute atomic E-state index is 13.0. The highest BCUT2D eigenvalue weighted by atomic mass is 16.2. The number of hydrogen-bond donors (Lipinski definition) is 0. The highest BCUT2D eigenvalue weighted by Gasteiger charge is 2.29. The van der Waals surface area contributed by atoms with Crippen LogP contribution in [0.2, 0.25) is 0 Å². The van der Waals surface area contributed by atoms with E-state index in [2.05, 4.69) is 44.5 Å². The fourth-order valence-electron chi connectivity index (χ4n) is 4.55. The number of carbonyl (C=O) groups excluding carboxylic acids is 1. The van der Waals surface area contributed by atoms with Gasteiger partial charge in [-0.1, -0.05) is 27.7 Å². The van der Waals surface area contributed by atoms with Gasteiger partial charge in [-0.05, 0) is 31.7 Å². The Kier molecular flexibility index (Phi) is 6.28. The molecular weight excluding hydrogens is 350 g/mol. The molecule has 1 aromatic rings. The van der Waals surface area contributed by atoms with E-state index in [9.17, 15) is 4.79 Å². The quantitative estimate of drug-likeness (QED) is 0.795. The first-order valence-electron chi connectivity index (χ1n) is 10.7. The number of aromatic nitrogens is 2. The Balaban J connectivity index is 1.73. The highest BCUT2D eigenvalue weighted by Crippen LogP contribution is 2.30. The molecule has 2 aliphatic rings. The Labute approximate surface area is 170 Å². The molecular formula is C22H37N5O. The second kappa shape index (κ2) is 8.36. The van der Waals surface area contributed by atoms with Crippen molar-refractivity contribution in [2.75, 3.05) is 44.7 Å². The van der Waals surface area contributed by atoms with E-state index in [-0.39, 0.29) is 11.3 Å². The molecule has 0 bridgehead atoms. The van der Waals surface area contributed by atoms with E-state index in [0.717, 1.165) is 62.9 Å². The van der Waals surface area contributed by atoms with Crippen LogP contribution in [0.25, 0.3) is 0 Å². The van der Waals surface area contributed by atoms with Crippen molar-refractivity contribution in [3.8, 4) is 0 Å². The molecule has 1 unspecified atom stereocenters. The van der Waals surface area contributed by atoms with Gasteiger partial charge in [0.2, 0.25) is 5.91 Å². The number of anilines is 1. The molecule has 1 aromatic heterocycles. The Morgan fingerprint density at radius 3 is 2.43 bits per heavy atom. The zero-order valence-corrected chi connectivity index (χ0v) is 18.6. The second-order valence-electron chi connectivity index (χ2n) is 9.95. The number of likely N-dealkylation sites (N-methyl/N-ethyl adjacent to an activating group) is 1. The van der Waals surface area contributed by atoms with Crippen LogP contribution in [0.3, 0.4) is 0 Å². The molecule has 1 amide bonds. The van der Waals surface area contributed by atoms with E-state index in [1.165, 1.54) is 5.56 Å². The fourth-order valence-corrected chi connectivity index (χ4v) is 4.55. The summed E-state index contributed by atoms with van der Waals surface area (Å²) in [6.45, 7) is 16.4. The SMILES string of the molecule is Cc1nc2c(c(N3CCN(C)CC3)n1)CN(C(=O)CC(C)CC(C)(C)C)CC2. The van der Waals surface area contributed by atoms with Crippen LogP contribution < -0.4 is 4.90 Å². The molecule has 0 radical (unpaired) electrons. The summed E-state index contributed by atoms with van der Waals surface area (Å²) < 4.78 is 0. The van der Waals surface area contributed by atoms with Crippen molar-refractivity contribution in [2.24, 2.45) is 11.3 Å². The minimum atomic E-state index is 0.258.